The second kappa shape index (κ2) is 6.62. The summed E-state index contributed by atoms with van der Waals surface area (Å²) >= 11 is 14.4. The highest BCUT2D eigenvalue weighted by Crippen LogP contribution is 2.30. The molecule has 0 aliphatic heterocycles. The molecular weight excluding hydrogens is 339 g/mol. The number of nitrogens with zero attached hydrogens (tertiary/aromatic N) is 2. The Labute approximate surface area is 133 Å². The highest BCUT2D eigenvalue weighted by atomic mass is 35.5. The molecule has 106 valence electrons. The first-order valence-electron chi connectivity index (χ1n) is 5.47. The number of benzene rings is 1. The number of anilines is 2. The molecule has 0 bridgehead atoms. The molecule has 0 radical (unpaired) electrons. The third-order valence-corrected chi connectivity index (χ3v) is 4.76. The van der Waals surface area contributed by atoms with E-state index in [2.05, 4.69) is 15.5 Å². The van der Waals surface area contributed by atoms with Gasteiger partial charge in [0.05, 0.1) is 16.0 Å². The highest BCUT2D eigenvalue weighted by Gasteiger charge is 2.18. The number of hydrogen-bond donors (Lipinski definition) is 2. The van der Waals surface area contributed by atoms with Gasteiger partial charge in [0.15, 0.2) is 4.34 Å². The molecule has 0 fully saturated rings. The molecule has 0 aliphatic rings. The molecular formula is C11H10Cl2N4OS2. The van der Waals surface area contributed by atoms with Gasteiger partial charge in [-0.15, -0.1) is 10.2 Å². The molecule has 2 aromatic rings. The number of carbonyl (C=O) groups excluding carboxylic acids is 1. The zero-order valence-electron chi connectivity index (χ0n) is 10.3. The van der Waals surface area contributed by atoms with E-state index in [1.54, 1.807) is 25.1 Å². The van der Waals surface area contributed by atoms with Crippen molar-refractivity contribution in [2.45, 2.75) is 16.5 Å². The van der Waals surface area contributed by atoms with Crippen LogP contribution in [0.5, 0.6) is 0 Å². The average Bonchev–Trinajstić information content (AvgIpc) is 2.79. The van der Waals surface area contributed by atoms with E-state index in [1.807, 2.05) is 0 Å². The molecule has 0 aliphatic carbocycles. The molecule has 1 amide bonds. The maximum absolute atomic E-state index is 12.1. The SMILES string of the molecule is CC(Sc1nnc(N)s1)C(=O)Nc1cc(Cl)ccc1Cl. The van der Waals surface area contributed by atoms with Gasteiger partial charge in [-0.2, -0.15) is 0 Å². The minimum atomic E-state index is -0.364. The van der Waals surface area contributed by atoms with E-state index in [4.69, 9.17) is 28.9 Å². The van der Waals surface area contributed by atoms with E-state index in [1.165, 1.54) is 23.1 Å². The maximum atomic E-state index is 12.1. The normalized spacial score (nSPS) is 12.2. The Balaban J connectivity index is 2.02. The van der Waals surface area contributed by atoms with Crippen LogP contribution in [0.1, 0.15) is 6.92 Å². The number of nitrogen functional groups attached to an aromatic ring is 1. The molecule has 0 saturated carbocycles. The maximum Gasteiger partial charge on any atom is 0.237 e. The van der Waals surface area contributed by atoms with Crippen molar-refractivity contribution in [3.63, 3.8) is 0 Å². The first-order chi connectivity index (χ1) is 9.45. The average molecular weight is 349 g/mol. The van der Waals surface area contributed by atoms with Gasteiger partial charge < -0.3 is 11.1 Å². The predicted molar refractivity (Wildman–Crippen MR) is 84.7 cm³/mol. The summed E-state index contributed by atoms with van der Waals surface area (Å²) in [5.74, 6) is -0.201. The fraction of sp³-hybridized carbons (Fsp3) is 0.182. The standard InChI is InChI=1S/C11H10Cl2N4OS2/c1-5(19-11-17-16-10(14)20-11)9(18)15-8-4-6(12)2-3-7(8)13/h2-5H,1H3,(H2,14,16)(H,15,18). The Kier molecular flexibility index (Phi) is 5.09. The van der Waals surface area contributed by atoms with Gasteiger partial charge in [-0.3, -0.25) is 4.79 Å². The topological polar surface area (TPSA) is 80.9 Å². The van der Waals surface area contributed by atoms with Gasteiger partial charge in [-0.25, -0.2) is 0 Å². The van der Waals surface area contributed by atoms with Crippen LogP contribution in [0, 0.1) is 0 Å². The second-order valence-electron chi connectivity index (χ2n) is 3.78. The van der Waals surface area contributed by atoms with E-state index in [9.17, 15) is 4.79 Å². The number of nitrogens with one attached hydrogen (secondary N) is 1. The summed E-state index contributed by atoms with van der Waals surface area (Å²) in [6, 6.07) is 4.88. The van der Waals surface area contributed by atoms with E-state index < -0.39 is 0 Å². The van der Waals surface area contributed by atoms with E-state index in [0.717, 1.165) is 0 Å². The Hall–Kier alpha value is -1.02. The number of hydrogen-bond acceptors (Lipinski definition) is 6. The van der Waals surface area contributed by atoms with Gasteiger partial charge in [0.1, 0.15) is 0 Å². The molecule has 0 saturated heterocycles. The third-order valence-electron chi connectivity index (χ3n) is 2.26. The van der Waals surface area contributed by atoms with Crippen LogP contribution in [-0.4, -0.2) is 21.4 Å². The molecule has 20 heavy (non-hydrogen) atoms. The third kappa shape index (κ3) is 3.99. The summed E-state index contributed by atoms with van der Waals surface area (Å²) in [5.41, 5.74) is 5.97. The molecule has 1 aromatic heterocycles. The summed E-state index contributed by atoms with van der Waals surface area (Å²) < 4.78 is 0.641. The summed E-state index contributed by atoms with van der Waals surface area (Å²) in [5, 5.41) is 11.2. The van der Waals surface area contributed by atoms with Crippen molar-refractivity contribution in [2.75, 3.05) is 11.1 Å². The summed E-state index contributed by atoms with van der Waals surface area (Å²) in [4.78, 5) is 12.1. The lowest BCUT2D eigenvalue weighted by atomic mass is 10.3. The minimum absolute atomic E-state index is 0.201. The minimum Gasteiger partial charge on any atom is -0.374 e. The second-order valence-corrected chi connectivity index (χ2v) is 7.22. The molecule has 1 aromatic carbocycles. The molecule has 1 atom stereocenters. The highest BCUT2D eigenvalue weighted by molar-refractivity contribution is 8.02. The Morgan fingerprint density at radius 1 is 1.45 bits per heavy atom. The van der Waals surface area contributed by atoms with Crippen LogP contribution in [0.4, 0.5) is 10.8 Å². The molecule has 2 rings (SSSR count). The van der Waals surface area contributed by atoms with Crippen LogP contribution < -0.4 is 11.1 Å². The zero-order chi connectivity index (χ0) is 14.7. The zero-order valence-corrected chi connectivity index (χ0v) is 13.4. The molecule has 0 spiro atoms. The smallest absolute Gasteiger partial charge is 0.237 e. The number of amides is 1. The predicted octanol–water partition coefficient (Wildman–Crippen LogP) is 3.55. The van der Waals surface area contributed by atoms with E-state index in [0.29, 0.717) is 25.2 Å². The van der Waals surface area contributed by atoms with Gasteiger partial charge >= 0.3 is 0 Å². The number of nitrogens with two attached hydrogens (primary N) is 1. The lowest BCUT2D eigenvalue weighted by molar-refractivity contribution is -0.115. The first kappa shape index (κ1) is 15.4. The van der Waals surface area contributed by atoms with Gasteiger partial charge in [0.25, 0.3) is 0 Å². The van der Waals surface area contributed by atoms with E-state index >= 15 is 0 Å². The fourth-order valence-corrected chi connectivity index (χ4v) is 3.42. The van der Waals surface area contributed by atoms with Crippen LogP contribution in [0.2, 0.25) is 10.0 Å². The number of rotatable bonds is 4. The Morgan fingerprint density at radius 3 is 2.85 bits per heavy atom. The number of aromatic nitrogens is 2. The summed E-state index contributed by atoms with van der Waals surface area (Å²) in [7, 11) is 0. The van der Waals surface area contributed by atoms with Gasteiger partial charge in [-0.05, 0) is 25.1 Å². The molecule has 5 nitrogen and oxygen atoms in total. The molecule has 1 unspecified atom stereocenters. The molecule has 1 heterocycles. The molecule has 3 N–H and O–H groups in total. The summed E-state index contributed by atoms with van der Waals surface area (Å²) in [6.07, 6.45) is 0. The summed E-state index contributed by atoms with van der Waals surface area (Å²) in [6.45, 7) is 1.76. The number of thioether (sulfide) groups is 1. The van der Waals surface area contributed by atoms with Crippen LogP contribution >= 0.6 is 46.3 Å². The lowest BCUT2D eigenvalue weighted by Gasteiger charge is -2.11. The Morgan fingerprint density at radius 2 is 2.20 bits per heavy atom. The lowest BCUT2D eigenvalue weighted by Crippen LogP contribution is -2.22. The fourth-order valence-electron chi connectivity index (χ4n) is 1.30. The Bertz CT molecular complexity index is 635. The quantitative estimate of drug-likeness (QED) is 0.825. The largest absolute Gasteiger partial charge is 0.374 e. The van der Waals surface area contributed by atoms with Crippen LogP contribution in [0.3, 0.4) is 0 Å². The molecule has 9 heteroatoms. The van der Waals surface area contributed by atoms with Gasteiger partial charge in [0, 0.05) is 5.02 Å². The first-order valence-corrected chi connectivity index (χ1v) is 7.92. The van der Waals surface area contributed by atoms with Crippen LogP contribution in [-0.2, 0) is 4.79 Å². The van der Waals surface area contributed by atoms with Crippen molar-refractivity contribution in [2.24, 2.45) is 0 Å². The van der Waals surface area contributed by atoms with Crippen molar-refractivity contribution >= 4 is 63.0 Å². The van der Waals surface area contributed by atoms with Gasteiger partial charge in [-0.1, -0.05) is 46.3 Å². The van der Waals surface area contributed by atoms with Crippen molar-refractivity contribution in [1.29, 1.82) is 0 Å². The van der Waals surface area contributed by atoms with Crippen LogP contribution in [0.25, 0.3) is 0 Å². The van der Waals surface area contributed by atoms with Crippen molar-refractivity contribution in [3.8, 4) is 0 Å². The van der Waals surface area contributed by atoms with Crippen LogP contribution in [0.15, 0.2) is 22.5 Å². The van der Waals surface area contributed by atoms with Crippen molar-refractivity contribution in [3.05, 3.63) is 28.2 Å². The number of carbonyl (C=O) groups is 1. The number of halogens is 2. The van der Waals surface area contributed by atoms with E-state index in [-0.39, 0.29) is 11.2 Å². The van der Waals surface area contributed by atoms with Gasteiger partial charge in [0.2, 0.25) is 11.0 Å². The van der Waals surface area contributed by atoms with Crippen molar-refractivity contribution in [1.82, 2.24) is 10.2 Å². The van der Waals surface area contributed by atoms with Crippen molar-refractivity contribution < 1.29 is 4.79 Å². The monoisotopic (exact) mass is 348 g/mol.